The van der Waals surface area contributed by atoms with Gasteiger partial charge in [-0.1, -0.05) is 11.6 Å². The van der Waals surface area contributed by atoms with Gasteiger partial charge in [0.25, 0.3) is 5.78 Å². The molecule has 0 spiro atoms. The van der Waals surface area contributed by atoms with Crippen LogP contribution >= 0.6 is 11.6 Å². The van der Waals surface area contributed by atoms with Crippen molar-refractivity contribution >= 4 is 23.2 Å². The first kappa shape index (κ1) is 11.9. The Morgan fingerprint density at radius 3 is 2.95 bits per heavy atom. The van der Waals surface area contributed by atoms with E-state index in [0.29, 0.717) is 17.5 Å². The zero-order valence-corrected chi connectivity index (χ0v) is 11.3. The molecule has 0 bridgehead atoms. The van der Waals surface area contributed by atoms with Gasteiger partial charge in [-0.3, -0.25) is 4.68 Å². The molecule has 19 heavy (non-hydrogen) atoms. The van der Waals surface area contributed by atoms with Crippen molar-refractivity contribution in [2.75, 3.05) is 11.9 Å². The summed E-state index contributed by atoms with van der Waals surface area (Å²) in [7, 11) is 3.85. The van der Waals surface area contributed by atoms with Crippen LogP contribution in [0.4, 0.5) is 5.82 Å². The molecule has 3 rings (SSSR count). The fourth-order valence-corrected chi connectivity index (χ4v) is 2.12. The lowest BCUT2D eigenvalue weighted by Crippen LogP contribution is -2.19. The van der Waals surface area contributed by atoms with Crippen molar-refractivity contribution in [1.82, 2.24) is 29.4 Å². The predicted molar refractivity (Wildman–Crippen MR) is 71.1 cm³/mol. The summed E-state index contributed by atoms with van der Waals surface area (Å²) in [5, 5.41) is 8.70. The summed E-state index contributed by atoms with van der Waals surface area (Å²) in [5.41, 5.74) is 1.10. The number of rotatable bonds is 3. The average Bonchev–Trinajstić information content (AvgIpc) is 2.96. The number of hydrogen-bond acceptors (Lipinski definition) is 5. The van der Waals surface area contributed by atoms with Crippen LogP contribution in [-0.2, 0) is 13.6 Å². The van der Waals surface area contributed by atoms with Crippen molar-refractivity contribution in [3.8, 4) is 0 Å². The largest absolute Gasteiger partial charge is 0.355 e. The van der Waals surface area contributed by atoms with E-state index >= 15 is 0 Å². The molecule has 0 radical (unpaired) electrons. The third kappa shape index (κ3) is 2.24. The predicted octanol–water partition coefficient (Wildman–Crippen LogP) is 1.15. The Hall–Kier alpha value is -2.15. The van der Waals surface area contributed by atoms with E-state index in [2.05, 4.69) is 20.2 Å². The monoisotopic (exact) mass is 277 g/mol. The van der Waals surface area contributed by atoms with Crippen LogP contribution in [-0.4, -0.2) is 36.4 Å². The highest BCUT2D eigenvalue weighted by Gasteiger charge is 2.11. The van der Waals surface area contributed by atoms with Gasteiger partial charge < -0.3 is 4.90 Å². The van der Waals surface area contributed by atoms with Gasteiger partial charge in [-0.25, -0.2) is 0 Å². The zero-order valence-electron chi connectivity index (χ0n) is 10.5. The van der Waals surface area contributed by atoms with Gasteiger partial charge in [0.2, 0.25) is 0 Å². The lowest BCUT2D eigenvalue weighted by atomic mass is 10.3. The minimum Gasteiger partial charge on any atom is -0.355 e. The molecule has 3 aromatic rings. The summed E-state index contributed by atoms with van der Waals surface area (Å²) in [6.45, 7) is 0.698. The van der Waals surface area contributed by atoms with Crippen molar-refractivity contribution < 1.29 is 0 Å². The van der Waals surface area contributed by atoms with E-state index < -0.39 is 0 Å². The number of nitrogens with zero attached hydrogens (tertiary/aromatic N) is 7. The fraction of sp³-hybridized carbons (Fsp3) is 0.273. The van der Waals surface area contributed by atoms with E-state index in [1.165, 1.54) is 6.33 Å². The van der Waals surface area contributed by atoms with Gasteiger partial charge in [0.1, 0.15) is 17.3 Å². The molecule has 0 aliphatic carbocycles. The first-order chi connectivity index (χ1) is 9.13. The SMILES string of the molecule is CN(Cc1cnn(C)c1)c1cc(Cl)nc2ncnn12. The lowest BCUT2D eigenvalue weighted by Gasteiger charge is -2.18. The van der Waals surface area contributed by atoms with Gasteiger partial charge in [-0.05, 0) is 0 Å². The van der Waals surface area contributed by atoms with Gasteiger partial charge in [0, 0.05) is 38.5 Å². The maximum absolute atomic E-state index is 6.00. The van der Waals surface area contributed by atoms with Crippen molar-refractivity contribution in [3.05, 3.63) is 35.5 Å². The third-order valence-electron chi connectivity index (χ3n) is 2.77. The topological polar surface area (TPSA) is 64.1 Å². The molecule has 0 N–H and O–H groups in total. The summed E-state index contributed by atoms with van der Waals surface area (Å²) in [5.74, 6) is 1.32. The van der Waals surface area contributed by atoms with Crippen LogP contribution in [0.15, 0.2) is 24.8 Å². The third-order valence-corrected chi connectivity index (χ3v) is 2.96. The maximum atomic E-state index is 6.00. The highest BCUT2D eigenvalue weighted by molar-refractivity contribution is 6.29. The highest BCUT2D eigenvalue weighted by atomic mass is 35.5. The van der Waals surface area contributed by atoms with E-state index in [0.717, 1.165) is 11.4 Å². The highest BCUT2D eigenvalue weighted by Crippen LogP contribution is 2.19. The van der Waals surface area contributed by atoms with Crippen LogP contribution in [0.25, 0.3) is 5.78 Å². The van der Waals surface area contributed by atoms with Gasteiger partial charge >= 0.3 is 0 Å². The van der Waals surface area contributed by atoms with E-state index in [-0.39, 0.29) is 0 Å². The molecular weight excluding hydrogens is 266 g/mol. The summed E-state index contributed by atoms with van der Waals surface area (Å²) >= 11 is 6.00. The second-order valence-electron chi connectivity index (χ2n) is 4.29. The molecule has 98 valence electrons. The van der Waals surface area contributed by atoms with Crippen molar-refractivity contribution in [3.63, 3.8) is 0 Å². The number of aromatic nitrogens is 6. The first-order valence-electron chi connectivity index (χ1n) is 5.68. The molecule has 0 aliphatic rings. The minimum atomic E-state index is 0.397. The summed E-state index contributed by atoms with van der Waals surface area (Å²) in [6, 6.07) is 1.76. The molecule has 0 amide bonds. The molecule has 0 aromatic carbocycles. The summed E-state index contributed by atoms with van der Waals surface area (Å²) in [6.07, 6.45) is 5.26. The Balaban J connectivity index is 1.96. The Bertz CT molecular complexity index is 717. The molecule has 0 atom stereocenters. The quantitative estimate of drug-likeness (QED) is 0.672. The molecule has 7 nitrogen and oxygen atoms in total. The lowest BCUT2D eigenvalue weighted by molar-refractivity contribution is 0.765. The second kappa shape index (κ2) is 4.51. The summed E-state index contributed by atoms with van der Waals surface area (Å²) in [4.78, 5) is 10.2. The number of aryl methyl sites for hydroxylation is 1. The van der Waals surface area contributed by atoms with Gasteiger partial charge in [0.15, 0.2) is 0 Å². The smallest absolute Gasteiger partial charge is 0.255 e. The van der Waals surface area contributed by atoms with Crippen LogP contribution in [0.3, 0.4) is 0 Å². The minimum absolute atomic E-state index is 0.397. The number of hydrogen-bond donors (Lipinski definition) is 0. The van der Waals surface area contributed by atoms with E-state index in [4.69, 9.17) is 11.6 Å². The van der Waals surface area contributed by atoms with Crippen LogP contribution in [0.1, 0.15) is 5.56 Å². The molecule has 3 aromatic heterocycles. The van der Waals surface area contributed by atoms with Gasteiger partial charge in [-0.2, -0.15) is 24.7 Å². The van der Waals surface area contributed by atoms with Crippen molar-refractivity contribution in [1.29, 1.82) is 0 Å². The van der Waals surface area contributed by atoms with E-state index in [1.54, 1.807) is 15.3 Å². The van der Waals surface area contributed by atoms with Crippen molar-refractivity contribution in [2.24, 2.45) is 7.05 Å². The van der Waals surface area contributed by atoms with Crippen LogP contribution in [0.2, 0.25) is 5.15 Å². The van der Waals surface area contributed by atoms with Crippen LogP contribution in [0, 0.1) is 0 Å². The standard InChI is InChI=1S/C11H12ClN7/c1-17(5-8-4-14-18(2)6-8)10-3-9(12)16-11-13-7-15-19(10)11/h3-4,6-7H,5H2,1-2H3. The summed E-state index contributed by atoms with van der Waals surface area (Å²) < 4.78 is 3.43. The molecule has 3 heterocycles. The first-order valence-corrected chi connectivity index (χ1v) is 6.06. The molecular formula is C11H12ClN7. The van der Waals surface area contributed by atoms with Gasteiger partial charge in [0.05, 0.1) is 6.20 Å². The van der Waals surface area contributed by atoms with Crippen molar-refractivity contribution in [2.45, 2.75) is 6.54 Å². The maximum Gasteiger partial charge on any atom is 0.255 e. The van der Waals surface area contributed by atoms with E-state index in [9.17, 15) is 0 Å². The molecule has 0 unspecified atom stereocenters. The molecule has 8 heteroatoms. The van der Waals surface area contributed by atoms with Crippen LogP contribution in [0.5, 0.6) is 0 Å². The van der Waals surface area contributed by atoms with Crippen LogP contribution < -0.4 is 4.90 Å². The molecule has 0 fully saturated rings. The zero-order chi connectivity index (χ0) is 13.4. The Kier molecular flexibility index (Phi) is 2.83. The number of halogens is 1. The second-order valence-corrected chi connectivity index (χ2v) is 4.67. The fourth-order valence-electron chi connectivity index (χ4n) is 1.95. The van der Waals surface area contributed by atoms with Gasteiger partial charge in [-0.15, -0.1) is 0 Å². The number of fused-ring (bicyclic) bond motifs is 1. The molecule has 0 aliphatic heterocycles. The normalized spacial score (nSPS) is 11.1. The van der Waals surface area contributed by atoms with E-state index in [1.807, 2.05) is 31.4 Å². The molecule has 0 saturated carbocycles. The Morgan fingerprint density at radius 2 is 2.21 bits per heavy atom. The molecule has 0 saturated heterocycles. The number of anilines is 1. The Labute approximate surface area is 114 Å². The Morgan fingerprint density at radius 1 is 1.37 bits per heavy atom. The average molecular weight is 278 g/mol.